The zero-order chi connectivity index (χ0) is 22.5. The molecule has 0 bridgehead atoms. The van der Waals surface area contributed by atoms with Gasteiger partial charge in [0, 0.05) is 23.8 Å². The molecule has 10 heteroatoms. The Morgan fingerprint density at radius 1 is 1.09 bits per heavy atom. The van der Waals surface area contributed by atoms with Crippen molar-refractivity contribution < 1.29 is 13.9 Å². The van der Waals surface area contributed by atoms with Gasteiger partial charge in [0.1, 0.15) is 5.75 Å². The summed E-state index contributed by atoms with van der Waals surface area (Å²) in [7, 11) is 1.86. The first-order valence-corrected chi connectivity index (χ1v) is 9.91. The summed E-state index contributed by atoms with van der Waals surface area (Å²) in [6, 6.07) is 10.8. The Bertz CT molecular complexity index is 1370. The van der Waals surface area contributed by atoms with Crippen LogP contribution >= 0.6 is 0 Å². The number of aryl methyl sites for hydroxylation is 1. The van der Waals surface area contributed by atoms with Crippen molar-refractivity contribution in [3.05, 3.63) is 54.6 Å². The number of rotatable bonds is 4. The second kappa shape index (κ2) is 7.19. The van der Waals surface area contributed by atoms with Crippen molar-refractivity contribution in [3.63, 3.8) is 0 Å². The van der Waals surface area contributed by atoms with E-state index in [1.165, 1.54) is 0 Å². The summed E-state index contributed by atoms with van der Waals surface area (Å²) in [6.07, 6.45) is 2.87. The molecule has 1 aliphatic rings. The predicted octanol–water partition coefficient (Wildman–Crippen LogP) is 4.10. The summed E-state index contributed by atoms with van der Waals surface area (Å²) in [4.78, 5) is 20.4. The van der Waals surface area contributed by atoms with Gasteiger partial charge in [-0.2, -0.15) is 10.1 Å². The molecule has 4 aromatic rings. The lowest BCUT2D eigenvalue weighted by Crippen LogP contribution is -2.45. The predicted molar refractivity (Wildman–Crippen MR) is 119 cm³/mol. The summed E-state index contributed by atoms with van der Waals surface area (Å²) in [6.45, 7) is 3.38. The molecule has 1 amide bonds. The monoisotopic (exact) mass is 433 g/mol. The van der Waals surface area contributed by atoms with Gasteiger partial charge in [-0.3, -0.25) is 9.48 Å². The first-order valence-electron chi connectivity index (χ1n) is 9.91. The van der Waals surface area contributed by atoms with E-state index in [1.54, 1.807) is 42.9 Å². The van der Waals surface area contributed by atoms with Gasteiger partial charge in [0.15, 0.2) is 17.2 Å². The van der Waals surface area contributed by atoms with Crippen LogP contribution in [0.25, 0.3) is 10.9 Å². The van der Waals surface area contributed by atoms with Crippen molar-refractivity contribution in [3.8, 4) is 5.75 Å². The highest BCUT2D eigenvalue weighted by Crippen LogP contribution is 2.36. The molecular weight excluding hydrogens is 413 g/mol. The Kier molecular flexibility index (Phi) is 4.43. The van der Waals surface area contributed by atoms with Gasteiger partial charge < -0.3 is 20.7 Å². The molecule has 2 aromatic carbocycles. The molecule has 5 rings (SSSR count). The van der Waals surface area contributed by atoms with Gasteiger partial charge in [-0.15, -0.1) is 0 Å². The van der Waals surface area contributed by atoms with E-state index in [1.807, 2.05) is 25.2 Å². The second-order valence-corrected chi connectivity index (χ2v) is 7.96. The molecule has 32 heavy (non-hydrogen) atoms. The normalized spacial score (nSPS) is 14.4. The van der Waals surface area contributed by atoms with Crippen LogP contribution in [0, 0.1) is 5.82 Å². The Morgan fingerprint density at radius 2 is 1.88 bits per heavy atom. The summed E-state index contributed by atoms with van der Waals surface area (Å²) >= 11 is 0. The van der Waals surface area contributed by atoms with E-state index in [-0.39, 0.29) is 17.7 Å². The van der Waals surface area contributed by atoms with Crippen molar-refractivity contribution in [2.75, 3.05) is 16.0 Å². The molecule has 0 fully saturated rings. The van der Waals surface area contributed by atoms with Crippen LogP contribution in [0.4, 0.5) is 33.2 Å². The third kappa shape index (κ3) is 3.55. The number of hydrogen-bond donors (Lipinski definition) is 3. The van der Waals surface area contributed by atoms with Crippen LogP contribution in [0.5, 0.6) is 5.75 Å². The zero-order valence-corrected chi connectivity index (χ0v) is 17.6. The molecule has 0 unspecified atom stereocenters. The van der Waals surface area contributed by atoms with E-state index in [9.17, 15) is 9.18 Å². The van der Waals surface area contributed by atoms with E-state index in [0.29, 0.717) is 17.1 Å². The number of amides is 1. The van der Waals surface area contributed by atoms with Gasteiger partial charge >= 0.3 is 0 Å². The number of nitrogens with one attached hydrogen (secondary N) is 3. The molecule has 2 aromatic heterocycles. The van der Waals surface area contributed by atoms with Gasteiger partial charge in [-0.25, -0.2) is 9.37 Å². The highest BCUT2D eigenvalue weighted by molar-refractivity contribution is 6.00. The van der Waals surface area contributed by atoms with E-state index in [2.05, 4.69) is 31.0 Å². The van der Waals surface area contributed by atoms with Gasteiger partial charge in [-0.1, -0.05) is 0 Å². The highest BCUT2D eigenvalue weighted by atomic mass is 19.1. The van der Waals surface area contributed by atoms with Gasteiger partial charge in [0.2, 0.25) is 5.95 Å². The van der Waals surface area contributed by atoms with Crippen molar-refractivity contribution in [2.24, 2.45) is 7.05 Å². The quantitative estimate of drug-likeness (QED) is 0.445. The summed E-state index contributed by atoms with van der Waals surface area (Å²) < 4.78 is 21.9. The van der Waals surface area contributed by atoms with Crippen LogP contribution in [0.3, 0.4) is 0 Å². The molecule has 9 nitrogen and oxygen atoms in total. The summed E-state index contributed by atoms with van der Waals surface area (Å²) in [5, 5.41) is 14.0. The summed E-state index contributed by atoms with van der Waals surface area (Å²) in [5.74, 6) is -0.112. The average molecular weight is 433 g/mol. The molecule has 0 aliphatic carbocycles. The second-order valence-electron chi connectivity index (χ2n) is 7.96. The Hall–Kier alpha value is -4.21. The van der Waals surface area contributed by atoms with Crippen LogP contribution < -0.4 is 20.7 Å². The molecule has 0 spiro atoms. The Labute approximate surface area is 182 Å². The van der Waals surface area contributed by atoms with Gasteiger partial charge in [0.25, 0.3) is 5.91 Å². The molecular formula is C22H20FN7O2. The minimum Gasteiger partial charge on any atom is -0.476 e. The van der Waals surface area contributed by atoms with E-state index in [4.69, 9.17) is 4.74 Å². The number of ether oxygens (including phenoxy) is 1. The van der Waals surface area contributed by atoms with Crippen molar-refractivity contribution in [1.82, 2.24) is 19.7 Å². The van der Waals surface area contributed by atoms with Crippen molar-refractivity contribution in [1.29, 1.82) is 0 Å². The van der Waals surface area contributed by atoms with Gasteiger partial charge in [0.05, 0.1) is 23.6 Å². The number of carbonyl (C=O) groups is 1. The lowest BCUT2D eigenvalue weighted by atomic mass is 10.1. The Balaban J connectivity index is 1.39. The first kappa shape index (κ1) is 19.7. The largest absolute Gasteiger partial charge is 0.476 e. The fourth-order valence-electron chi connectivity index (χ4n) is 3.39. The fourth-order valence-corrected chi connectivity index (χ4v) is 3.39. The number of fused-ring (bicyclic) bond motifs is 2. The maximum absolute atomic E-state index is 14.4. The fraction of sp³-hybridized carbons (Fsp3) is 0.182. The smallest absolute Gasteiger partial charge is 0.268 e. The van der Waals surface area contributed by atoms with Gasteiger partial charge in [-0.05, 0) is 50.2 Å². The van der Waals surface area contributed by atoms with Crippen LogP contribution in [0.1, 0.15) is 13.8 Å². The third-order valence-corrected chi connectivity index (χ3v) is 5.15. The topological polar surface area (TPSA) is 106 Å². The molecule has 0 saturated heterocycles. The van der Waals surface area contributed by atoms with Crippen LogP contribution in [0.2, 0.25) is 0 Å². The molecule has 0 atom stereocenters. The SMILES string of the molecule is Cn1ncc2ccc(Nc3ncc(F)c(Nc4ccc5c(c4)NC(=O)C(C)(C)O5)n3)cc21. The zero-order valence-electron chi connectivity index (χ0n) is 17.6. The van der Waals surface area contributed by atoms with Crippen LogP contribution in [-0.4, -0.2) is 31.3 Å². The number of hydrogen-bond acceptors (Lipinski definition) is 7. The standard InChI is InChI=1S/C22H20FN7O2/c1-22(2)20(31)28-16-8-13(6-7-18(16)32-22)26-19-15(23)11-24-21(29-19)27-14-5-4-12-10-25-30(3)17(12)9-14/h4-11H,1-3H3,(H,28,31)(H2,24,26,27,29). The minimum absolute atomic E-state index is 0.00699. The maximum atomic E-state index is 14.4. The van der Waals surface area contributed by atoms with Crippen LogP contribution in [-0.2, 0) is 11.8 Å². The molecule has 0 radical (unpaired) electrons. The molecule has 1 aliphatic heterocycles. The number of nitrogens with zero attached hydrogens (tertiary/aromatic N) is 4. The van der Waals surface area contributed by atoms with E-state index < -0.39 is 11.4 Å². The van der Waals surface area contributed by atoms with Crippen molar-refractivity contribution in [2.45, 2.75) is 19.4 Å². The lowest BCUT2D eigenvalue weighted by Gasteiger charge is -2.31. The van der Waals surface area contributed by atoms with E-state index in [0.717, 1.165) is 22.8 Å². The summed E-state index contributed by atoms with van der Waals surface area (Å²) in [5.41, 5.74) is 1.76. The van der Waals surface area contributed by atoms with E-state index >= 15 is 0 Å². The molecule has 3 N–H and O–H groups in total. The molecule has 162 valence electrons. The number of aromatic nitrogens is 4. The molecule has 3 heterocycles. The van der Waals surface area contributed by atoms with Crippen molar-refractivity contribution >= 4 is 45.6 Å². The Morgan fingerprint density at radius 3 is 2.72 bits per heavy atom. The number of benzene rings is 2. The number of halogens is 1. The van der Waals surface area contributed by atoms with Crippen LogP contribution in [0.15, 0.2) is 48.8 Å². The first-order chi connectivity index (χ1) is 15.3. The third-order valence-electron chi connectivity index (χ3n) is 5.15. The number of carbonyl (C=O) groups excluding carboxylic acids is 1. The average Bonchev–Trinajstić information content (AvgIpc) is 3.12. The number of anilines is 5. The lowest BCUT2D eigenvalue weighted by molar-refractivity contribution is -0.129. The highest BCUT2D eigenvalue weighted by Gasteiger charge is 2.35. The maximum Gasteiger partial charge on any atom is 0.268 e. The molecule has 0 saturated carbocycles. The minimum atomic E-state index is -0.959.